The Kier molecular flexibility index (Phi) is 6.16. The molecule has 0 bridgehead atoms. The van der Waals surface area contributed by atoms with Gasteiger partial charge in [0, 0.05) is 6.07 Å². The molecule has 0 N–H and O–H groups in total. The second-order valence-electron chi connectivity index (χ2n) is 7.69. The molecule has 1 aromatic heterocycles. The molecular formula is C24H21F3O7. The second kappa shape index (κ2) is 8.92. The highest BCUT2D eigenvalue weighted by atomic mass is 19.4. The van der Waals surface area contributed by atoms with Crippen LogP contribution in [0.2, 0.25) is 0 Å². The zero-order chi connectivity index (χ0) is 24.6. The molecule has 0 saturated heterocycles. The molecule has 3 aromatic rings. The van der Waals surface area contributed by atoms with Crippen LogP contribution in [0.3, 0.4) is 0 Å². The quantitative estimate of drug-likeness (QED) is 0.456. The van der Waals surface area contributed by atoms with Crippen molar-refractivity contribution in [2.45, 2.75) is 39.0 Å². The van der Waals surface area contributed by atoms with Crippen LogP contribution in [-0.4, -0.2) is 26.0 Å². The summed E-state index contributed by atoms with van der Waals surface area (Å²) in [6.07, 6.45) is -4.85. The molecule has 0 saturated carbocycles. The van der Waals surface area contributed by atoms with E-state index in [2.05, 4.69) is 4.74 Å². The SMILES string of the molecule is CCCc1cc2c(=O)c(-c3ccc4c(c3)OCO4)c(C(F)(F)F)oc2cc1O[C@@H](C)C(=O)OC. The molecule has 2 heterocycles. The molecule has 1 atom stereocenters. The molecule has 0 radical (unpaired) electrons. The van der Waals surface area contributed by atoms with Crippen molar-refractivity contribution in [2.75, 3.05) is 13.9 Å². The zero-order valence-electron chi connectivity index (χ0n) is 18.6. The molecule has 1 aliphatic heterocycles. The largest absolute Gasteiger partial charge is 0.479 e. The number of hydrogen-bond acceptors (Lipinski definition) is 7. The van der Waals surface area contributed by atoms with Gasteiger partial charge in [0.2, 0.25) is 18.0 Å². The molecule has 1 aliphatic rings. The third-order valence-corrected chi connectivity index (χ3v) is 5.35. The van der Waals surface area contributed by atoms with Crippen molar-refractivity contribution in [3.05, 3.63) is 51.9 Å². The summed E-state index contributed by atoms with van der Waals surface area (Å²) in [5, 5.41) is -0.0396. The van der Waals surface area contributed by atoms with Gasteiger partial charge in [-0.3, -0.25) is 4.79 Å². The maximum Gasteiger partial charge on any atom is 0.450 e. The molecule has 180 valence electrons. The van der Waals surface area contributed by atoms with Gasteiger partial charge in [-0.05, 0) is 42.7 Å². The van der Waals surface area contributed by atoms with Gasteiger partial charge in [-0.1, -0.05) is 19.4 Å². The van der Waals surface area contributed by atoms with Crippen LogP contribution in [0.4, 0.5) is 13.2 Å². The number of esters is 1. The molecule has 4 rings (SSSR count). The van der Waals surface area contributed by atoms with Crippen molar-refractivity contribution in [1.29, 1.82) is 0 Å². The third-order valence-electron chi connectivity index (χ3n) is 5.35. The van der Waals surface area contributed by atoms with Crippen LogP contribution in [-0.2, 0) is 22.1 Å². The number of carbonyl (C=O) groups excluding carboxylic acids is 1. The van der Waals surface area contributed by atoms with E-state index in [1.54, 1.807) is 0 Å². The molecule has 0 amide bonds. The van der Waals surface area contributed by atoms with Gasteiger partial charge in [0.05, 0.1) is 18.1 Å². The van der Waals surface area contributed by atoms with Crippen LogP contribution >= 0.6 is 0 Å². The van der Waals surface area contributed by atoms with E-state index >= 15 is 0 Å². The number of alkyl halides is 3. The summed E-state index contributed by atoms with van der Waals surface area (Å²) in [7, 11) is 1.20. The lowest BCUT2D eigenvalue weighted by molar-refractivity contribution is -0.152. The van der Waals surface area contributed by atoms with Gasteiger partial charge in [0.25, 0.3) is 0 Å². The Morgan fingerprint density at radius 2 is 1.88 bits per heavy atom. The minimum absolute atomic E-state index is 0.0103. The van der Waals surface area contributed by atoms with E-state index in [0.29, 0.717) is 24.2 Å². The Balaban J connectivity index is 1.95. The number of aryl methyl sites for hydroxylation is 1. The number of rotatable bonds is 6. The highest BCUT2D eigenvalue weighted by molar-refractivity contribution is 5.86. The van der Waals surface area contributed by atoms with E-state index in [-0.39, 0.29) is 34.8 Å². The van der Waals surface area contributed by atoms with E-state index < -0.39 is 35.0 Å². The van der Waals surface area contributed by atoms with Crippen LogP contribution in [0, 0.1) is 0 Å². The maximum absolute atomic E-state index is 14.0. The first kappa shape index (κ1) is 23.5. The maximum atomic E-state index is 14.0. The first-order valence-corrected chi connectivity index (χ1v) is 10.5. The molecule has 0 fully saturated rings. The van der Waals surface area contributed by atoms with Crippen LogP contribution in [0.1, 0.15) is 31.6 Å². The van der Waals surface area contributed by atoms with Gasteiger partial charge in [-0.15, -0.1) is 0 Å². The lowest BCUT2D eigenvalue weighted by Gasteiger charge is -2.18. The van der Waals surface area contributed by atoms with Crippen molar-refractivity contribution in [1.82, 2.24) is 0 Å². The average Bonchev–Trinajstić information content (AvgIpc) is 3.26. The fourth-order valence-electron chi connectivity index (χ4n) is 3.76. The van der Waals surface area contributed by atoms with Gasteiger partial charge in [-0.25, -0.2) is 4.79 Å². The Morgan fingerprint density at radius 1 is 1.15 bits per heavy atom. The minimum Gasteiger partial charge on any atom is -0.479 e. The minimum atomic E-state index is -4.96. The fraction of sp³-hybridized carbons (Fsp3) is 0.333. The van der Waals surface area contributed by atoms with Crippen molar-refractivity contribution in [3.8, 4) is 28.4 Å². The summed E-state index contributed by atoms with van der Waals surface area (Å²) in [4.78, 5) is 25.2. The highest BCUT2D eigenvalue weighted by Crippen LogP contribution is 2.41. The van der Waals surface area contributed by atoms with E-state index in [1.807, 2.05) is 6.92 Å². The van der Waals surface area contributed by atoms with Crippen LogP contribution in [0.5, 0.6) is 17.2 Å². The summed E-state index contributed by atoms with van der Waals surface area (Å²) < 4.78 is 68.0. The molecule has 2 aromatic carbocycles. The van der Waals surface area contributed by atoms with Crippen molar-refractivity contribution in [3.63, 3.8) is 0 Å². The average molecular weight is 478 g/mol. The molecule has 7 nitrogen and oxygen atoms in total. The van der Waals surface area contributed by atoms with Crippen molar-refractivity contribution in [2.24, 2.45) is 0 Å². The van der Waals surface area contributed by atoms with Crippen LogP contribution in [0.15, 0.2) is 39.5 Å². The van der Waals surface area contributed by atoms with Crippen molar-refractivity contribution >= 4 is 16.9 Å². The third kappa shape index (κ3) is 4.27. The first-order valence-electron chi connectivity index (χ1n) is 10.5. The molecule has 0 aliphatic carbocycles. The summed E-state index contributed by atoms with van der Waals surface area (Å²) in [5.41, 5.74) is -1.25. The molecule has 0 unspecified atom stereocenters. The number of hydrogen-bond donors (Lipinski definition) is 0. The summed E-state index contributed by atoms with van der Waals surface area (Å²) in [6.45, 7) is 3.28. The van der Waals surface area contributed by atoms with E-state index in [9.17, 15) is 22.8 Å². The second-order valence-corrected chi connectivity index (χ2v) is 7.69. The van der Waals surface area contributed by atoms with E-state index in [4.69, 9.17) is 18.6 Å². The van der Waals surface area contributed by atoms with Gasteiger partial charge in [0.15, 0.2) is 17.6 Å². The number of carbonyl (C=O) groups is 1. The number of ether oxygens (including phenoxy) is 4. The predicted octanol–water partition coefficient (Wildman–Crippen LogP) is 5.10. The van der Waals surface area contributed by atoms with Gasteiger partial charge in [-0.2, -0.15) is 13.2 Å². The fourth-order valence-corrected chi connectivity index (χ4v) is 3.76. The Morgan fingerprint density at radius 3 is 2.56 bits per heavy atom. The smallest absolute Gasteiger partial charge is 0.450 e. The number of halogens is 3. The summed E-state index contributed by atoms with van der Waals surface area (Å²) >= 11 is 0. The first-order chi connectivity index (χ1) is 16.1. The Bertz CT molecular complexity index is 1310. The summed E-state index contributed by atoms with van der Waals surface area (Å²) in [5.74, 6) is -1.36. The zero-order valence-corrected chi connectivity index (χ0v) is 18.6. The molecule has 0 spiro atoms. The Hall–Kier alpha value is -3.69. The monoisotopic (exact) mass is 478 g/mol. The molecule has 34 heavy (non-hydrogen) atoms. The van der Waals surface area contributed by atoms with Crippen LogP contribution < -0.4 is 19.6 Å². The highest BCUT2D eigenvalue weighted by Gasteiger charge is 2.40. The predicted molar refractivity (Wildman–Crippen MR) is 115 cm³/mol. The number of fused-ring (bicyclic) bond motifs is 2. The topological polar surface area (TPSA) is 84.2 Å². The van der Waals surface area contributed by atoms with Gasteiger partial charge in [0.1, 0.15) is 11.3 Å². The lowest BCUT2D eigenvalue weighted by atomic mass is 9.99. The lowest BCUT2D eigenvalue weighted by Crippen LogP contribution is -2.25. The van der Waals surface area contributed by atoms with Gasteiger partial charge < -0.3 is 23.4 Å². The summed E-state index contributed by atoms with van der Waals surface area (Å²) in [6, 6.07) is 6.76. The molecule has 10 heteroatoms. The van der Waals surface area contributed by atoms with E-state index in [0.717, 1.165) is 0 Å². The number of methoxy groups -OCH3 is 1. The number of benzene rings is 2. The van der Waals surface area contributed by atoms with E-state index in [1.165, 1.54) is 44.4 Å². The van der Waals surface area contributed by atoms with Crippen molar-refractivity contribution < 1.29 is 41.3 Å². The van der Waals surface area contributed by atoms with Gasteiger partial charge >= 0.3 is 12.1 Å². The molecular weight excluding hydrogens is 457 g/mol. The van der Waals surface area contributed by atoms with Crippen LogP contribution in [0.25, 0.3) is 22.1 Å². The normalized spacial score (nSPS) is 13.7. The standard InChI is InChI=1S/C24H21F3O7/c1-4-5-13-8-15-18(10-17(13)33-12(2)23(29)30-3)34-22(24(25,26)27)20(21(15)28)14-6-7-16-19(9-14)32-11-31-16/h6-10,12H,4-5,11H2,1-3H3/t12-/m0/s1. The Labute approximate surface area is 192 Å².